The SMILES string of the molecule is CC(=O)OC1CCC2(C)C3CCC4(C)C(CC[C@]4(OC(C)=O)C(C)OC(C)=O)C3CC[C@H]2C1. The topological polar surface area (TPSA) is 78.9 Å². The smallest absolute Gasteiger partial charge is 0.303 e. The van der Waals surface area contributed by atoms with Gasteiger partial charge >= 0.3 is 17.9 Å². The van der Waals surface area contributed by atoms with Gasteiger partial charge in [0.05, 0.1) is 0 Å². The van der Waals surface area contributed by atoms with E-state index in [1.807, 2.05) is 6.92 Å². The molecule has 0 amide bonds. The molecule has 9 atom stereocenters. The van der Waals surface area contributed by atoms with Crippen LogP contribution in [-0.2, 0) is 28.6 Å². The molecular weight excluding hydrogens is 420 g/mol. The number of ether oxygens (including phenoxy) is 3. The number of esters is 3. The van der Waals surface area contributed by atoms with Gasteiger partial charge in [0, 0.05) is 26.2 Å². The molecule has 33 heavy (non-hydrogen) atoms. The van der Waals surface area contributed by atoms with Crippen molar-refractivity contribution < 1.29 is 28.6 Å². The third kappa shape index (κ3) is 3.89. The summed E-state index contributed by atoms with van der Waals surface area (Å²) < 4.78 is 17.4. The van der Waals surface area contributed by atoms with E-state index in [1.54, 1.807) is 0 Å². The average molecular weight is 463 g/mol. The Labute approximate surface area is 198 Å². The zero-order chi connectivity index (χ0) is 24.2. The van der Waals surface area contributed by atoms with Crippen molar-refractivity contribution >= 4 is 17.9 Å². The number of carbonyl (C=O) groups excluding carboxylic acids is 3. The molecule has 4 rings (SSSR count). The zero-order valence-corrected chi connectivity index (χ0v) is 21.3. The highest BCUT2D eigenvalue weighted by Crippen LogP contribution is 2.69. The average Bonchev–Trinajstić information content (AvgIpc) is 3.00. The van der Waals surface area contributed by atoms with Gasteiger partial charge in [-0.15, -0.1) is 0 Å². The summed E-state index contributed by atoms with van der Waals surface area (Å²) in [5.74, 6) is 1.51. The van der Waals surface area contributed by atoms with Gasteiger partial charge in [-0.2, -0.15) is 0 Å². The van der Waals surface area contributed by atoms with Crippen LogP contribution in [0, 0.1) is 34.5 Å². The van der Waals surface area contributed by atoms with Crippen LogP contribution in [0.25, 0.3) is 0 Å². The lowest BCUT2D eigenvalue weighted by molar-refractivity contribution is -0.219. The summed E-state index contributed by atoms with van der Waals surface area (Å²) in [5, 5.41) is 0. The van der Waals surface area contributed by atoms with Crippen molar-refractivity contribution in [3.63, 3.8) is 0 Å². The van der Waals surface area contributed by atoms with Gasteiger partial charge < -0.3 is 14.2 Å². The third-order valence-corrected chi connectivity index (χ3v) is 10.5. The molecular formula is C27H42O6. The Hall–Kier alpha value is -1.59. The van der Waals surface area contributed by atoms with Gasteiger partial charge in [-0.3, -0.25) is 14.4 Å². The van der Waals surface area contributed by atoms with Crippen LogP contribution in [-0.4, -0.2) is 35.7 Å². The normalized spacial score (nSPS) is 45.1. The maximum atomic E-state index is 12.2. The lowest BCUT2D eigenvalue weighted by Gasteiger charge is -2.62. The van der Waals surface area contributed by atoms with E-state index >= 15 is 0 Å². The fourth-order valence-corrected chi connectivity index (χ4v) is 9.11. The van der Waals surface area contributed by atoms with E-state index < -0.39 is 11.7 Å². The van der Waals surface area contributed by atoms with Crippen LogP contribution in [0.2, 0.25) is 0 Å². The maximum absolute atomic E-state index is 12.2. The number of carbonyl (C=O) groups is 3. The Morgan fingerprint density at radius 2 is 1.52 bits per heavy atom. The van der Waals surface area contributed by atoms with Gasteiger partial charge in [-0.25, -0.2) is 0 Å². The fourth-order valence-electron chi connectivity index (χ4n) is 9.11. The Morgan fingerprint density at radius 3 is 2.15 bits per heavy atom. The molecule has 0 N–H and O–H groups in total. The Balaban J connectivity index is 1.59. The maximum Gasteiger partial charge on any atom is 0.303 e. The lowest BCUT2D eigenvalue weighted by atomic mass is 9.44. The van der Waals surface area contributed by atoms with E-state index in [2.05, 4.69) is 13.8 Å². The summed E-state index contributed by atoms with van der Waals surface area (Å²) >= 11 is 0. The van der Waals surface area contributed by atoms with Crippen LogP contribution >= 0.6 is 0 Å². The van der Waals surface area contributed by atoms with E-state index in [9.17, 15) is 14.4 Å². The molecule has 6 nitrogen and oxygen atoms in total. The fraction of sp³-hybridized carbons (Fsp3) is 0.889. The van der Waals surface area contributed by atoms with E-state index in [0.29, 0.717) is 23.7 Å². The molecule has 0 aliphatic heterocycles. The second-order valence-electron chi connectivity index (χ2n) is 11.9. The summed E-state index contributed by atoms with van der Waals surface area (Å²) in [5.41, 5.74) is -0.688. The zero-order valence-electron chi connectivity index (χ0n) is 21.3. The Morgan fingerprint density at radius 1 is 0.818 bits per heavy atom. The van der Waals surface area contributed by atoms with Crippen molar-refractivity contribution in [3.05, 3.63) is 0 Å². The molecule has 7 unspecified atom stereocenters. The van der Waals surface area contributed by atoms with E-state index in [0.717, 1.165) is 44.9 Å². The van der Waals surface area contributed by atoms with Gasteiger partial charge in [0.2, 0.25) is 0 Å². The van der Waals surface area contributed by atoms with Crippen molar-refractivity contribution in [2.75, 3.05) is 0 Å². The summed E-state index contributed by atoms with van der Waals surface area (Å²) in [4.78, 5) is 35.6. The van der Waals surface area contributed by atoms with Gasteiger partial charge in [0.15, 0.2) is 5.60 Å². The highest BCUT2D eigenvalue weighted by Gasteiger charge is 2.68. The summed E-state index contributed by atoms with van der Waals surface area (Å²) in [7, 11) is 0. The molecule has 0 saturated heterocycles. The van der Waals surface area contributed by atoms with Crippen molar-refractivity contribution in [1.29, 1.82) is 0 Å². The molecule has 0 radical (unpaired) electrons. The minimum absolute atomic E-state index is 0.0682. The van der Waals surface area contributed by atoms with Crippen LogP contribution in [0.3, 0.4) is 0 Å². The molecule has 6 heteroatoms. The monoisotopic (exact) mass is 462 g/mol. The van der Waals surface area contributed by atoms with E-state index in [-0.39, 0.29) is 34.8 Å². The molecule has 0 aromatic carbocycles. The molecule has 0 bridgehead atoms. The molecule has 4 aliphatic carbocycles. The van der Waals surface area contributed by atoms with Gasteiger partial charge in [0.1, 0.15) is 12.2 Å². The largest absolute Gasteiger partial charge is 0.463 e. The minimum Gasteiger partial charge on any atom is -0.463 e. The van der Waals surface area contributed by atoms with Gasteiger partial charge in [-0.05, 0) is 93.8 Å². The molecule has 4 aliphatic rings. The highest BCUT2D eigenvalue weighted by atomic mass is 16.6. The second-order valence-corrected chi connectivity index (χ2v) is 11.9. The number of hydrogen-bond acceptors (Lipinski definition) is 6. The van der Waals surface area contributed by atoms with Crippen LogP contribution in [0.4, 0.5) is 0 Å². The van der Waals surface area contributed by atoms with Crippen molar-refractivity contribution in [2.45, 2.75) is 117 Å². The predicted octanol–water partition coefficient (Wildman–Crippen LogP) is 5.21. The quantitative estimate of drug-likeness (QED) is 0.421. The third-order valence-electron chi connectivity index (χ3n) is 10.5. The van der Waals surface area contributed by atoms with Crippen molar-refractivity contribution in [1.82, 2.24) is 0 Å². The molecule has 4 fully saturated rings. The van der Waals surface area contributed by atoms with Crippen LogP contribution in [0.1, 0.15) is 99.3 Å². The number of rotatable bonds is 4. The molecule has 0 heterocycles. The first-order chi connectivity index (χ1) is 15.4. The highest BCUT2D eigenvalue weighted by molar-refractivity contribution is 5.68. The molecule has 4 saturated carbocycles. The first-order valence-electron chi connectivity index (χ1n) is 13.0. The van der Waals surface area contributed by atoms with Crippen LogP contribution in [0.5, 0.6) is 0 Å². The van der Waals surface area contributed by atoms with Crippen LogP contribution < -0.4 is 0 Å². The number of hydrogen-bond donors (Lipinski definition) is 0. The first-order valence-corrected chi connectivity index (χ1v) is 13.0. The van der Waals surface area contributed by atoms with E-state index in [1.165, 1.54) is 33.6 Å². The Kier molecular flexibility index (Phi) is 6.37. The predicted molar refractivity (Wildman–Crippen MR) is 123 cm³/mol. The minimum atomic E-state index is -0.759. The van der Waals surface area contributed by atoms with Gasteiger partial charge in [0.25, 0.3) is 0 Å². The summed E-state index contributed by atoms with van der Waals surface area (Å²) in [6, 6.07) is 0. The lowest BCUT2D eigenvalue weighted by Crippen LogP contribution is -2.61. The van der Waals surface area contributed by atoms with Crippen molar-refractivity contribution in [3.8, 4) is 0 Å². The molecule has 0 aromatic rings. The number of fused-ring (bicyclic) bond motifs is 5. The Bertz CT molecular complexity index is 808. The molecule has 0 aromatic heterocycles. The molecule has 186 valence electrons. The van der Waals surface area contributed by atoms with Gasteiger partial charge in [-0.1, -0.05) is 13.8 Å². The standard InChI is InChI=1S/C27H42O6/c1-16(31-17(2)28)27(33-19(4)30)14-11-24-22-8-7-20-15-21(32-18(3)29)9-12-25(20,5)23(22)10-13-26(24,27)6/h16,20-24H,7-15H2,1-6H3/t16?,20-,21?,22?,23?,24?,25?,26?,27-/m0/s1. The summed E-state index contributed by atoms with van der Waals surface area (Å²) in [6.45, 7) is 11.1. The van der Waals surface area contributed by atoms with Crippen LogP contribution in [0.15, 0.2) is 0 Å². The van der Waals surface area contributed by atoms with Crippen molar-refractivity contribution in [2.24, 2.45) is 34.5 Å². The second kappa shape index (κ2) is 8.57. The molecule has 0 spiro atoms. The first kappa shape index (κ1) is 24.5. The van der Waals surface area contributed by atoms with E-state index in [4.69, 9.17) is 14.2 Å². The summed E-state index contributed by atoms with van der Waals surface area (Å²) in [6.07, 6.45) is 8.85.